The summed E-state index contributed by atoms with van der Waals surface area (Å²) in [6, 6.07) is 12.6. The molecule has 1 fully saturated rings. The second-order valence-corrected chi connectivity index (χ2v) is 6.68. The Kier molecular flexibility index (Phi) is 8.08. The van der Waals surface area contributed by atoms with Gasteiger partial charge in [0.15, 0.2) is 0 Å². The highest BCUT2D eigenvalue weighted by atomic mass is 16.2. The average molecular weight is 353 g/mol. The van der Waals surface area contributed by atoms with E-state index >= 15 is 0 Å². The molecule has 0 N–H and O–H groups in total. The zero-order valence-corrected chi connectivity index (χ0v) is 15.5. The van der Waals surface area contributed by atoms with Gasteiger partial charge in [0.2, 0.25) is 5.91 Å². The number of piperazine rings is 1. The largest absolute Gasteiger partial charge is 0.340 e. The van der Waals surface area contributed by atoms with Gasteiger partial charge in [-0.05, 0) is 18.1 Å². The van der Waals surface area contributed by atoms with Gasteiger partial charge in [0, 0.05) is 45.8 Å². The van der Waals surface area contributed by atoms with E-state index in [-0.39, 0.29) is 5.91 Å². The lowest BCUT2D eigenvalue weighted by atomic mass is 10.1. The molecule has 1 amide bonds. The first-order chi connectivity index (χ1) is 12.6. The molecule has 1 aromatic carbocycles. The first kappa shape index (κ1) is 19.9. The summed E-state index contributed by atoms with van der Waals surface area (Å²) in [6.07, 6.45) is 0.614. The molecular weight excluding hydrogens is 326 g/mol. The standard InChI is InChI=1S/C20H27N5O/c1-18-6-2-3-7-19(18)16-23-12-14-24(15-13-23)17-20(26)25(10-4-8-21)11-5-9-22/h2-3,6-7H,4-5,10-17H2,1H3. The minimum atomic E-state index is 0.0165. The first-order valence-corrected chi connectivity index (χ1v) is 9.15. The Hall–Kier alpha value is -2.41. The zero-order valence-electron chi connectivity index (χ0n) is 15.5. The topological polar surface area (TPSA) is 74.4 Å². The highest BCUT2D eigenvalue weighted by Crippen LogP contribution is 2.12. The number of nitrogens with zero attached hydrogens (tertiary/aromatic N) is 5. The third-order valence-corrected chi connectivity index (χ3v) is 4.82. The fourth-order valence-electron chi connectivity index (χ4n) is 3.16. The van der Waals surface area contributed by atoms with Crippen LogP contribution in [0.15, 0.2) is 24.3 Å². The number of aryl methyl sites for hydroxylation is 1. The molecule has 0 atom stereocenters. The summed E-state index contributed by atoms with van der Waals surface area (Å²) in [5.74, 6) is 0.0165. The predicted molar refractivity (Wildman–Crippen MR) is 99.9 cm³/mol. The first-order valence-electron chi connectivity index (χ1n) is 9.15. The van der Waals surface area contributed by atoms with Crippen molar-refractivity contribution in [1.82, 2.24) is 14.7 Å². The lowest BCUT2D eigenvalue weighted by Gasteiger charge is -2.35. The maximum Gasteiger partial charge on any atom is 0.236 e. The number of carbonyl (C=O) groups is 1. The molecule has 0 aliphatic carbocycles. The fraction of sp³-hybridized carbons (Fsp3) is 0.550. The summed E-state index contributed by atoms with van der Waals surface area (Å²) in [7, 11) is 0. The molecule has 0 radical (unpaired) electrons. The van der Waals surface area contributed by atoms with Gasteiger partial charge >= 0.3 is 0 Å². The second kappa shape index (κ2) is 10.6. The van der Waals surface area contributed by atoms with E-state index in [0.717, 1.165) is 32.7 Å². The molecule has 26 heavy (non-hydrogen) atoms. The average Bonchev–Trinajstić information content (AvgIpc) is 2.65. The van der Waals surface area contributed by atoms with Crippen molar-refractivity contribution < 1.29 is 4.79 Å². The smallest absolute Gasteiger partial charge is 0.236 e. The Morgan fingerprint density at radius 3 is 2.19 bits per heavy atom. The highest BCUT2D eigenvalue weighted by molar-refractivity contribution is 5.78. The van der Waals surface area contributed by atoms with E-state index in [1.165, 1.54) is 11.1 Å². The van der Waals surface area contributed by atoms with E-state index in [1.807, 2.05) is 0 Å². The van der Waals surface area contributed by atoms with Crippen LogP contribution in [0.2, 0.25) is 0 Å². The Bertz CT molecular complexity index is 650. The van der Waals surface area contributed by atoms with Crippen LogP contribution in [0, 0.1) is 29.6 Å². The zero-order chi connectivity index (χ0) is 18.8. The number of rotatable bonds is 8. The van der Waals surface area contributed by atoms with Crippen LogP contribution in [0.4, 0.5) is 0 Å². The molecule has 138 valence electrons. The minimum Gasteiger partial charge on any atom is -0.340 e. The summed E-state index contributed by atoms with van der Waals surface area (Å²) < 4.78 is 0. The molecule has 1 aliphatic heterocycles. The highest BCUT2D eigenvalue weighted by Gasteiger charge is 2.21. The number of nitriles is 2. The quantitative estimate of drug-likeness (QED) is 0.712. The van der Waals surface area contributed by atoms with Crippen LogP contribution in [0.5, 0.6) is 0 Å². The number of amides is 1. The summed E-state index contributed by atoms with van der Waals surface area (Å²) in [5.41, 5.74) is 2.67. The fourth-order valence-corrected chi connectivity index (χ4v) is 3.16. The lowest BCUT2D eigenvalue weighted by Crippen LogP contribution is -2.50. The minimum absolute atomic E-state index is 0.0165. The van der Waals surface area contributed by atoms with Gasteiger partial charge in [-0.3, -0.25) is 14.6 Å². The van der Waals surface area contributed by atoms with Crippen LogP contribution >= 0.6 is 0 Å². The van der Waals surface area contributed by atoms with Gasteiger partial charge in [0.1, 0.15) is 0 Å². The molecule has 6 nitrogen and oxygen atoms in total. The molecule has 0 aromatic heterocycles. The van der Waals surface area contributed by atoms with Crippen LogP contribution in [0.3, 0.4) is 0 Å². The number of hydrogen-bond acceptors (Lipinski definition) is 5. The van der Waals surface area contributed by atoms with E-state index in [4.69, 9.17) is 10.5 Å². The summed E-state index contributed by atoms with van der Waals surface area (Å²) in [4.78, 5) is 18.7. The summed E-state index contributed by atoms with van der Waals surface area (Å²) >= 11 is 0. The van der Waals surface area contributed by atoms with Crippen LogP contribution in [0.1, 0.15) is 24.0 Å². The maximum atomic E-state index is 12.5. The monoisotopic (exact) mass is 353 g/mol. The van der Waals surface area contributed by atoms with Crippen LogP contribution < -0.4 is 0 Å². The maximum absolute atomic E-state index is 12.5. The SMILES string of the molecule is Cc1ccccc1CN1CCN(CC(=O)N(CCC#N)CCC#N)CC1. The van der Waals surface area contributed by atoms with Crippen molar-refractivity contribution in [3.8, 4) is 12.1 Å². The van der Waals surface area contributed by atoms with Gasteiger partial charge in [0.25, 0.3) is 0 Å². The van der Waals surface area contributed by atoms with Crippen molar-refractivity contribution in [3.05, 3.63) is 35.4 Å². The Balaban J connectivity index is 1.79. The van der Waals surface area contributed by atoms with Crippen LogP contribution in [-0.2, 0) is 11.3 Å². The molecule has 0 bridgehead atoms. The molecule has 6 heteroatoms. The second-order valence-electron chi connectivity index (χ2n) is 6.68. The Morgan fingerprint density at radius 2 is 1.62 bits per heavy atom. The van der Waals surface area contributed by atoms with E-state index in [1.54, 1.807) is 4.90 Å². The van der Waals surface area contributed by atoms with E-state index in [9.17, 15) is 4.79 Å². The molecule has 1 aromatic rings. The molecule has 0 unspecified atom stereocenters. The van der Waals surface area contributed by atoms with Gasteiger partial charge in [-0.1, -0.05) is 24.3 Å². The van der Waals surface area contributed by atoms with Crippen LogP contribution in [0.25, 0.3) is 0 Å². The Morgan fingerprint density at radius 1 is 1.04 bits per heavy atom. The van der Waals surface area contributed by atoms with E-state index in [2.05, 4.69) is 53.1 Å². The molecule has 0 saturated carbocycles. The van der Waals surface area contributed by atoms with Gasteiger partial charge < -0.3 is 4.90 Å². The summed E-state index contributed by atoms with van der Waals surface area (Å²) in [6.45, 7) is 7.88. The van der Waals surface area contributed by atoms with Crippen LogP contribution in [-0.4, -0.2) is 66.4 Å². The van der Waals surface area contributed by atoms with Crippen molar-refractivity contribution >= 4 is 5.91 Å². The third-order valence-electron chi connectivity index (χ3n) is 4.82. The normalized spacial score (nSPS) is 15.2. The molecular formula is C20H27N5O. The number of carbonyl (C=O) groups excluding carboxylic acids is 1. The van der Waals surface area contributed by atoms with Gasteiger partial charge in [0.05, 0.1) is 31.5 Å². The van der Waals surface area contributed by atoms with Gasteiger partial charge in [-0.25, -0.2) is 0 Å². The summed E-state index contributed by atoms with van der Waals surface area (Å²) in [5, 5.41) is 17.5. The molecule has 1 saturated heterocycles. The number of hydrogen-bond donors (Lipinski definition) is 0. The molecule has 0 spiro atoms. The molecule has 2 rings (SSSR count). The molecule has 1 aliphatic rings. The van der Waals surface area contributed by atoms with Crippen molar-refractivity contribution in [3.63, 3.8) is 0 Å². The van der Waals surface area contributed by atoms with Crippen molar-refractivity contribution in [2.45, 2.75) is 26.3 Å². The lowest BCUT2D eigenvalue weighted by molar-refractivity contribution is -0.132. The van der Waals surface area contributed by atoms with Crippen molar-refractivity contribution in [2.24, 2.45) is 0 Å². The Labute approximate surface area is 156 Å². The van der Waals surface area contributed by atoms with Gasteiger partial charge in [-0.2, -0.15) is 10.5 Å². The number of benzene rings is 1. The predicted octanol–water partition coefficient (Wildman–Crippen LogP) is 1.77. The van der Waals surface area contributed by atoms with Crippen molar-refractivity contribution in [1.29, 1.82) is 10.5 Å². The third kappa shape index (κ3) is 6.15. The molecule has 1 heterocycles. The van der Waals surface area contributed by atoms with E-state index in [0.29, 0.717) is 32.5 Å². The van der Waals surface area contributed by atoms with Crippen molar-refractivity contribution in [2.75, 3.05) is 45.8 Å². The van der Waals surface area contributed by atoms with Gasteiger partial charge in [-0.15, -0.1) is 0 Å². The van der Waals surface area contributed by atoms with E-state index < -0.39 is 0 Å².